The van der Waals surface area contributed by atoms with Crippen molar-refractivity contribution in [1.29, 1.82) is 0 Å². The molecule has 0 radical (unpaired) electrons. The fourth-order valence-electron chi connectivity index (χ4n) is 2.04. The standard InChI is InChI=1S/C12H17ClN4O2/c1-19-9-8-15-12(13)16-11(9)14-5-3-7-17-6-2-4-10(17)18/h8H,2-7H2,1H3,(H,14,15,16). The zero-order valence-electron chi connectivity index (χ0n) is 10.9. The SMILES string of the molecule is COc1cnc(Cl)nc1NCCCN1CCCC1=O. The number of likely N-dealkylation sites (tertiary alicyclic amines) is 1. The predicted molar refractivity (Wildman–Crippen MR) is 72.5 cm³/mol. The van der Waals surface area contributed by atoms with Gasteiger partial charge in [-0.15, -0.1) is 0 Å². The minimum Gasteiger partial charge on any atom is -0.491 e. The third-order valence-corrected chi connectivity index (χ3v) is 3.20. The fourth-order valence-corrected chi connectivity index (χ4v) is 2.18. The van der Waals surface area contributed by atoms with E-state index < -0.39 is 0 Å². The van der Waals surface area contributed by atoms with Crippen molar-refractivity contribution in [2.45, 2.75) is 19.3 Å². The summed E-state index contributed by atoms with van der Waals surface area (Å²) in [5.41, 5.74) is 0. The monoisotopic (exact) mass is 284 g/mol. The van der Waals surface area contributed by atoms with Gasteiger partial charge in [0, 0.05) is 26.1 Å². The third-order valence-electron chi connectivity index (χ3n) is 3.01. The number of amides is 1. The minimum absolute atomic E-state index is 0.179. The number of halogens is 1. The van der Waals surface area contributed by atoms with Crippen molar-refractivity contribution in [2.24, 2.45) is 0 Å². The molecule has 1 N–H and O–H groups in total. The summed E-state index contributed by atoms with van der Waals surface area (Å²) in [6, 6.07) is 0. The molecule has 2 rings (SSSR count). The molecule has 1 saturated heterocycles. The number of hydrogen-bond donors (Lipinski definition) is 1. The van der Waals surface area contributed by atoms with Gasteiger partial charge in [-0.05, 0) is 24.4 Å². The van der Waals surface area contributed by atoms with E-state index >= 15 is 0 Å². The number of anilines is 1. The molecule has 1 aliphatic heterocycles. The van der Waals surface area contributed by atoms with Crippen molar-refractivity contribution in [3.05, 3.63) is 11.5 Å². The van der Waals surface area contributed by atoms with Gasteiger partial charge in [-0.1, -0.05) is 0 Å². The molecule has 19 heavy (non-hydrogen) atoms. The Morgan fingerprint density at radius 3 is 3.11 bits per heavy atom. The number of carbonyl (C=O) groups excluding carboxylic acids is 1. The Morgan fingerprint density at radius 2 is 2.42 bits per heavy atom. The fraction of sp³-hybridized carbons (Fsp3) is 0.583. The van der Waals surface area contributed by atoms with Crippen molar-refractivity contribution < 1.29 is 9.53 Å². The average molecular weight is 285 g/mol. The maximum absolute atomic E-state index is 11.4. The highest BCUT2D eigenvalue weighted by Gasteiger charge is 2.19. The van der Waals surface area contributed by atoms with Crippen LogP contribution in [0.5, 0.6) is 5.75 Å². The number of methoxy groups -OCH3 is 1. The summed E-state index contributed by atoms with van der Waals surface area (Å²) < 4.78 is 5.14. The first kappa shape index (κ1) is 13.9. The van der Waals surface area contributed by atoms with Gasteiger partial charge < -0.3 is 15.0 Å². The Hall–Kier alpha value is -1.56. The van der Waals surface area contributed by atoms with Gasteiger partial charge in [-0.2, -0.15) is 4.98 Å². The van der Waals surface area contributed by atoms with Crippen LogP contribution in [0.25, 0.3) is 0 Å². The van der Waals surface area contributed by atoms with Crippen LogP contribution in [0, 0.1) is 0 Å². The molecule has 104 valence electrons. The van der Waals surface area contributed by atoms with Gasteiger partial charge in [-0.25, -0.2) is 4.98 Å². The number of ether oxygens (including phenoxy) is 1. The highest BCUT2D eigenvalue weighted by Crippen LogP contribution is 2.21. The van der Waals surface area contributed by atoms with Crippen LogP contribution in [0.2, 0.25) is 5.28 Å². The van der Waals surface area contributed by atoms with Gasteiger partial charge in [0.25, 0.3) is 0 Å². The Morgan fingerprint density at radius 1 is 1.58 bits per heavy atom. The van der Waals surface area contributed by atoms with Crippen molar-refractivity contribution in [1.82, 2.24) is 14.9 Å². The van der Waals surface area contributed by atoms with E-state index in [1.807, 2.05) is 4.90 Å². The van der Waals surface area contributed by atoms with Gasteiger partial charge >= 0.3 is 0 Å². The van der Waals surface area contributed by atoms with E-state index in [-0.39, 0.29) is 11.2 Å². The lowest BCUT2D eigenvalue weighted by Crippen LogP contribution is -2.27. The molecule has 0 atom stereocenters. The topological polar surface area (TPSA) is 67.4 Å². The Labute approximate surface area is 117 Å². The minimum atomic E-state index is 0.179. The van der Waals surface area contributed by atoms with Gasteiger partial charge in [0.1, 0.15) is 0 Å². The molecule has 0 spiro atoms. The number of carbonyl (C=O) groups is 1. The predicted octanol–water partition coefficient (Wildman–Crippen LogP) is 1.56. The maximum atomic E-state index is 11.4. The van der Waals surface area contributed by atoms with E-state index in [1.54, 1.807) is 7.11 Å². The van der Waals surface area contributed by atoms with Gasteiger partial charge in [0.2, 0.25) is 11.2 Å². The number of rotatable bonds is 6. The molecule has 1 aromatic rings. The number of hydrogen-bond acceptors (Lipinski definition) is 5. The van der Waals surface area contributed by atoms with Crippen molar-refractivity contribution in [3.8, 4) is 5.75 Å². The van der Waals surface area contributed by atoms with Crippen LogP contribution in [0.4, 0.5) is 5.82 Å². The molecule has 7 heteroatoms. The van der Waals surface area contributed by atoms with E-state index in [4.69, 9.17) is 16.3 Å². The lowest BCUT2D eigenvalue weighted by molar-refractivity contribution is -0.127. The number of nitrogens with one attached hydrogen (secondary N) is 1. The van der Waals surface area contributed by atoms with E-state index in [1.165, 1.54) is 6.20 Å². The van der Waals surface area contributed by atoms with Crippen LogP contribution >= 0.6 is 11.6 Å². The smallest absolute Gasteiger partial charge is 0.224 e. The van der Waals surface area contributed by atoms with E-state index in [0.717, 1.165) is 25.9 Å². The molecular weight excluding hydrogens is 268 g/mol. The number of nitrogens with zero attached hydrogens (tertiary/aromatic N) is 3. The van der Waals surface area contributed by atoms with Crippen LogP contribution in [0.15, 0.2) is 6.20 Å². The van der Waals surface area contributed by atoms with Crippen LogP contribution in [0.3, 0.4) is 0 Å². The van der Waals surface area contributed by atoms with E-state index in [2.05, 4.69) is 15.3 Å². The summed E-state index contributed by atoms with van der Waals surface area (Å²) in [5.74, 6) is 1.39. The second-order valence-electron chi connectivity index (χ2n) is 4.32. The number of aromatic nitrogens is 2. The van der Waals surface area contributed by atoms with Crippen molar-refractivity contribution in [3.63, 3.8) is 0 Å². The van der Waals surface area contributed by atoms with Crippen LogP contribution in [0.1, 0.15) is 19.3 Å². The Balaban J connectivity index is 1.79. The van der Waals surface area contributed by atoms with E-state index in [9.17, 15) is 4.79 Å². The van der Waals surface area contributed by atoms with Gasteiger partial charge in [-0.3, -0.25) is 4.79 Å². The zero-order chi connectivity index (χ0) is 13.7. The molecule has 0 aromatic carbocycles. The molecule has 0 bridgehead atoms. The van der Waals surface area contributed by atoms with Crippen molar-refractivity contribution >= 4 is 23.3 Å². The molecule has 6 nitrogen and oxygen atoms in total. The third kappa shape index (κ3) is 3.70. The highest BCUT2D eigenvalue weighted by atomic mass is 35.5. The lowest BCUT2D eigenvalue weighted by atomic mass is 10.3. The first-order chi connectivity index (χ1) is 9.20. The Bertz CT molecular complexity index is 455. The first-order valence-corrected chi connectivity index (χ1v) is 6.66. The van der Waals surface area contributed by atoms with Crippen LogP contribution < -0.4 is 10.1 Å². The average Bonchev–Trinajstić information content (AvgIpc) is 2.80. The summed E-state index contributed by atoms with van der Waals surface area (Å²) in [7, 11) is 1.56. The van der Waals surface area contributed by atoms with Crippen molar-refractivity contribution in [2.75, 3.05) is 32.1 Å². The summed E-state index contributed by atoms with van der Waals surface area (Å²) in [6.07, 6.45) is 4.04. The zero-order valence-corrected chi connectivity index (χ0v) is 11.6. The van der Waals surface area contributed by atoms with Gasteiger partial charge in [0.05, 0.1) is 13.3 Å². The molecule has 0 aliphatic carbocycles. The Kier molecular flexibility index (Phi) is 4.79. The quantitative estimate of drug-likeness (QED) is 0.634. The molecular formula is C12H17ClN4O2. The molecule has 1 fully saturated rings. The molecule has 1 aliphatic rings. The van der Waals surface area contributed by atoms with E-state index in [0.29, 0.717) is 24.5 Å². The van der Waals surface area contributed by atoms with Crippen LogP contribution in [-0.2, 0) is 4.79 Å². The molecule has 2 heterocycles. The second-order valence-corrected chi connectivity index (χ2v) is 4.66. The molecule has 1 amide bonds. The maximum Gasteiger partial charge on any atom is 0.224 e. The van der Waals surface area contributed by atoms with Crippen LogP contribution in [-0.4, -0.2) is 47.5 Å². The molecule has 1 aromatic heterocycles. The molecule has 0 unspecified atom stereocenters. The normalized spacial score (nSPS) is 14.8. The second kappa shape index (κ2) is 6.56. The largest absolute Gasteiger partial charge is 0.491 e. The lowest BCUT2D eigenvalue weighted by Gasteiger charge is -2.15. The summed E-state index contributed by atoms with van der Waals surface area (Å²) in [5, 5.41) is 3.32. The highest BCUT2D eigenvalue weighted by molar-refractivity contribution is 6.28. The molecule has 0 saturated carbocycles. The van der Waals surface area contributed by atoms with Gasteiger partial charge in [0.15, 0.2) is 11.6 Å². The summed E-state index contributed by atoms with van der Waals surface area (Å²) in [4.78, 5) is 21.2. The summed E-state index contributed by atoms with van der Waals surface area (Å²) >= 11 is 5.74. The summed E-state index contributed by atoms with van der Waals surface area (Å²) in [6.45, 7) is 2.35. The first-order valence-electron chi connectivity index (χ1n) is 6.29.